The van der Waals surface area contributed by atoms with Gasteiger partial charge in [0.05, 0.1) is 6.54 Å². The molecule has 0 heterocycles. The highest BCUT2D eigenvalue weighted by Gasteiger charge is 2.02. The van der Waals surface area contributed by atoms with Crippen LogP contribution in [0.3, 0.4) is 0 Å². The Kier molecular flexibility index (Phi) is 4.06. The lowest BCUT2D eigenvalue weighted by atomic mass is 10.1. The highest BCUT2D eigenvalue weighted by molar-refractivity contribution is 5.97. The molecular formula is C12H15NO2. The fourth-order valence-corrected chi connectivity index (χ4v) is 1.06. The van der Waals surface area contributed by atoms with Gasteiger partial charge >= 0.3 is 0 Å². The molecule has 3 nitrogen and oxygen atoms in total. The van der Waals surface area contributed by atoms with Gasteiger partial charge < -0.3 is 10.5 Å². The van der Waals surface area contributed by atoms with Crippen molar-refractivity contribution < 1.29 is 9.53 Å². The molecule has 1 rings (SSSR count). The predicted octanol–water partition coefficient (Wildman–Crippen LogP) is 1.78. The first kappa shape index (κ1) is 11.5. The third kappa shape index (κ3) is 3.56. The molecule has 0 fully saturated rings. The van der Waals surface area contributed by atoms with E-state index in [0.29, 0.717) is 12.2 Å². The average molecular weight is 205 g/mol. The van der Waals surface area contributed by atoms with E-state index in [9.17, 15) is 4.79 Å². The van der Waals surface area contributed by atoms with Gasteiger partial charge in [0.15, 0.2) is 5.78 Å². The summed E-state index contributed by atoms with van der Waals surface area (Å²) < 4.78 is 5.39. The number of Topliss-reactive ketones (excluding diaryl/α,β-unsaturated/α-hetero) is 1. The van der Waals surface area contributed by atoms with Crippen molar-refractivity contribution in [1.29, 1.82) is 0 Å². The summed E-state index contributed by atoms with van der Waals surface area (Å²) >= 11 is 0. The minimum Gasteiger partial charge on any atom is -0.489 e. The Bertz CT molecular complexity index is 354. The molecule has 0 aliphatic heterocycles. The molecular weight excluding hydrogens is 190 g/mol. The van der Waals surface area contributed by atoms with Crippen molar-refractivity contribution in [2.45, 2.75) is 6.92 Å². The molecule has 80 valence electrons. The third-order valence-electron chi connectivity index (χ3n) is 1.85. The van der Waals surface area contributed by atoms with Crippen molar-refractivity contribution in [3.63, 3.8) is 0 Å². The van der Waals surface area contributed by atoms with Gasteiger partial charge in [-0.15, -0.1) is 0 Å². The standard InChI is InChI=1S/C12H15NO2/c1-9(2)8-15-11-5-3-10(4-6-11)12(14)7-13/h3-6H,1,7-8,13H2,2H3. The first-order valence-electron chi connectivity index (χ1n) is 4.74. The molecule has 0 aliphatic carbocycles. The number of benzene rings is 1. The molecule has 2 N–H and O–H groups in total. The molecule has 0 aliphatic rings. The van der Waals surface area contributed by atoms with Crippen LogP contribution in [0, 0.1) is 0 Å². The van der Waals surface area contributed by atoms with Crippen LogP contribution in [-0.4, -0.2) is 18.9 Å². The molecule has 0 spiro atoms. The number of carbonyl (C=O) groups excluding carboxylic acids is 1. The lowest BCUT2D eigenvalue weighted by molar-refractivity contribution is 0.100. The Hall–Kier alpha value is -1.61. The summed E-state index contributed by atoms with van der Waals surface area (Å²) in [5, 5.41) is 0. The molecule has 0 bridgehead atoms. The van der Waals surface area contributed by atoms with Gasteiger partial charge in [0, 0.05) is 5.56 Å². The van der Waals surface area contributed by atoms with Crippen molar-refractivity contribution >= 4 is 5.78 Å². The van der Waals surface area contributed by atoms with Crippen LogP contribution in [0.4, 0.5) is 0 Å². The highest BCUT2D eigenvalue weighted by Crippen LogP contribution is 2.13. The van der Waals surface area contributed by atoms with Gasteiger partial charge in [-0.3, -0.25) is 4.79 Å². The van der Waals surface area contributed by atoms with E-state index in [4.69, 9.17) is 10.5 Å². The molecule has 0 aromatic heterocycles. The molecule has 1 aromatic rings. The number of ketones is 1. The normalized spacial score (nSPS) is 9.73. The summed E-state index contributed by atoms with van der Waals surface area (Å²) in [5.41, 5.74) is 6.82. The van der Waals surface area contributed by atoms with Crippen molar-refractivity contribution in [3.05, 3.63) is 42.0 Å². The van der Waals surface area contributed by atoms with Crippen LogP contribution in [0.25, 0.3) is 0 Å². The van der Waals surface area contributed by atoms with E-state index < -0.39 is 0 Å². The number of hydrogen-bond donors (Lipinski definition) is 1. The zero-order valence-electron chi connectivity index (χ0n) is 8.82. The Labute approximate surface area is 89.5 Å². The first-order valence-corrected chi connectivity index (χ1v) is 4.74. The lowest BCUT2D eigenvalue weighted by Crippen LogP contribution is -2.13. The number of rotatable bonds is 5. The minimum atomic E-state index is -0.0681. The Balaban J connectivity index is 2.64. The van der Waals surface area contributed by atoms with E-state index in [-0.39, 0.29) is 12.3 Å². The monoisotopic (exact) mass is 205 g/mol. The quantitative estimate of drug-likeness (QED) is 0.589. The molecule has 0 saturated carbocycles. The van der Waals surface area contributed by atoms with Gasteiger partial charge in [-0.05, 0) is 36.8 Å². The Morgan fingerprint density at radius 1 is 1.40 bits per heavy atom. The van der Waals surface area contributed by atoms with Gasteiger partial charge in [0.1, 0.15) is 12.4 Å². The van der Waals surface area contributed by atoms with Crippen molar-refractivity contribution in [2.24, 2.45) is 5.73 Å². The number of carbonyl (C=O) groups is 1. The summed E-state index contributed by atoms with van der Waals surface area (Å²) in [7, 11) is 0. The second-order valence-corrected chi connectivity index (χ2v) is 3.40. The zero-order chi connectivity index (χ0) is 11.3. The Morgan fingerprint density at radius 2 is 2.00 bits per heavy atom. The smallest absolute Gasteiger partial charge is 0.176 e. The molecule has 0 amide bonds. The molecule has 0 saturated heterocycles. The zero-order valence-corrected chi connectivity index (χ0v) is 8.82. The van der Waals surface area contributed by atoms with Gasteiger partial charge in [-0.1, -0.05) is 6.58 Å². The predicted molar refractivity (Wildman–Crippen MR) is 60.1 cm³/mol. The summed E-state index contributed by atoms with van der Waals surface area (Å²) in [6, 6.07) is 6.93. The number of ether oxygens (including phenoxy) is 1. The number of hydrogen-bond acceptors (Lipinski definition) is 3. The van der Waals surface area contributed by atoms with Gasteiger partial charge in [0.25, 0.3) is 0 Å². The molecule has 3 heteroatoms. The van der Waals surface area contributed by atoms with Crippen LogP contribution in [0.15, 0.2) is 36.4 Å². The maximum Gasteiger partial charge on any atom is 0.176 e. The second-order valence-electron chi connectivity index (χ2n) is 3.40. The third-order valence-corrected chi connectivity index (χ3v) is 1.85. The lowest BCUT2D eigenvalue weighted by Gasteiger charge is -2.05. The maximum atomic E-state index is 11.2. The second kappa shape index (κ2) is 5.32. The summed E-state index contributed by atoms with van der Waals surface area (Å²) in [6.07, 6.45) is 0. The van der Waals surface area contributed by atoms with Crippen LogP contribution in [0.1, 0.15) is 17.3 Å². The molecule has 0 unspecified atom stereocenters. The van der Waals surface area contributed by atoms with E-state index in [0.717, 1.165) is 11.3 Å². The largest absolute Gasteiger partial charge is 0.489 e. The van der Waals surface area contributed by atoms with Crippen molar-refractivity contribution in [1.82, 2.24) is 0 Å². The average Bonchev–Trinajstić information content (AvgIpc) is 2.26. The van der Waals surface area contributed by atoms with Crippen LogP contribution < -0.4 is 10.5 Å². The van der Waals surface area contributed by atoms with Gasteiger partial charge in [0.2, 0.25) is 0 Å². The summed E-state index contributed by atoms with van der Waals surface area (Å²) in [6.45, 7) is 6.15. The summed E-state index contributed by atoms with van der Waals surface area (Å²) in [5.74, 6) is 0.660. The molecule has 15 heavy (non-hydrogen) atoms. The van der Waals surface area contributed by atoms with Crippen molar-refractivity contribution in [3.8, 4) is 5.75 Å². The SMILES string of the molecule is C=C(C)COc1ccc(C(=O)CN)cc1. The van der Waals surface area contributed by atoms with Crippen LogP contribution in [0.2, 0.25) is 0 Å². The topological polar surface area (TPSA) is 52.3 Å². The van der Waals surface area contributed by atoms with E-state index in [1.807, 2.05) is 6.92 Å². The van der Waals surface area contributed by atoms with E-state index >= 15 is 0 Å². The van der Waals surface area contributed by atoms with Crippen LogP contribution in [0.5, 0.6) is 5.75 Å². The molecule has 0 atom stereocenters. The molecule has 1 aromatic carbocycles. The first-order chi connectivity index (χ1) is 7.13. The van der Waals surface area contributed by atoms with Crippen LogP contribution in [-0.2, 0) is 0 Å². The van der Waals surface area contributed by atoms with Gasteiger partial charge in [-0.25, -0.2) is 0 Å². The van der Waals surface area contributed by atoms with Crippen molar-refractivity contribution in [2.75, 3.05) is 13.2 Å². The maximum absolute atomic E-state index is 11.2. The minimum absolute atomic E-state index is 0.0337. The fraction of sp³-hybridized carbons (Fsp3) is 0.250. The van der Waals surface area contributed by atoms with E-state index in [1.165, 1.54) is 0 Å². The van der Waals surface area contributed by atoms with E-state index in [1.54, 1.807) is 24.3 Å². The van der Waals surface area contributed by atoms with Crippen LogP contribution >= 0.6 is 0 Å². The highest BCUT2D eigenvalue weighted by atomic mass is 16.5. The Morgan fingerprint density at radius 3 is 2.47 bits per heavy atom. The number of nitrogens with two attached hydrogens (primary N) is 1. The van der Waals surface area contributed by atoms with E-state index in [2.05, 4.69) is 6.58 Å². The summed E-state index contributed by atoms with van der Waals surface area (Å²) in [4.78, 5) is 11.2. The van der Waals surface area contributed by atoms with Gasteiger partial charge in [-0.2, -0.15) is 0 Å². The molecule has 0 radical (unpaired) electrons. The fourth-order valence-electron chi connectivity index (χ4n) is 1.06.